The monoisotopic (exact) mass is 337 g/mol. The number of benzene rings is 1. The standard InChI is InChI=1S/C16H17F2N3O3/c1-10(15(22)19-9-13-6-3-7-24-13)20-16(23)21-12-5-2-4-11(8-12)14(17)18/h2-8,10,14H,9H2,1H3,(H,19,22)(H2,20,21,23)/t10-/m0/s1. The molecule has 0 saturated carbocycles. The highest BCUT2D eigenvalue weighted by Gasteiger charge is 2.16. The molecule has 0 aliphatic rings. The summed E-state index contributed by atoms with van der Waals surface area (Å²) in [4.78, 5) is 23.7. The quantitative estimate of drug-likeness (QED) is 0.757. The molecule has 0 bridgehead atoms. The Morgan fingerprint density at radius 3 is 2.67 bits per heavy atom. The Labute approximate surface area is 137 Å². The lowest BCUT2D eigenvalue weighted by Crippen LogP contribution is -2.46. The molecule has 1 aromatic carbocycles. The van der Waals surface area contributed by atoms with E-state index in [1.807, 2.05) is 0 Å². The number of hydrogen-bond acceptors (Lipinski definition) is 3. The molecule has 0 spiro atoms. The van der Waals surface area contributed by atoms with Crippen LogP contribution in [-0.2, 0) is 11.3 Å². The molecule has 6 nitrogen and oxygen atoms in total. The third-order valence-corrected chi connectivity index (χ3v) is 3.15. The normalized spacial score (nSPS) is 11.8. The Balaban J connectivity index is 1.82. The van der Waals surface area contributed by atoms with E-state index >= 15 is 0 Å². The molecule has 1 atom stereocenters. The van der Waals surface area contributed by atoms with Crippen LogP contribution in [0.1, 0.15) is 24.7 Å². The second kappa shape index (κ2) is 8.09. The molecule has 0 aliphatic carbocycles. The van der Waals surface area contributed by atoms with Gasteiger partial charge >= 0.3 is 6.03 Å². The fourth-order valence-corrected chi connectivity index (χ4v) is 1.92. The van der Waals surface area contributed by atoms with Gasteiger partial charge in [0.1, 0.15) is 11.8 Å². The Kier molecular flexibility index (Phi) is 5.89. The summed E-state index contributed by atoms with van der Waals surface area (Å²) in [5.41, 5.74) is 0.0190. The molecule has 24 heavy (non-hydrogen) atoms. The second-order valence-electron chi connectivity index (χ2n) is 5.04. The summed E-state index contributed by atoms with van der Waals surface area (Å²) >= 11 is 0. The van der Waals surface area contributed by atoms with E-state index in [1.54, 1.807) is 12.1 Å². The van der Waals surface area contributed by atoms with E-state index in [1.165, 1.54) is 37.5 Å². The largest absolute Gasteiger partial charge is 0.467 e. The number of carbonyl (C=O) groups is 2. The van der Waals surface area contributed by atoms with Crippen LogP contribution in [0.15, 0.2) is 47.1 Å². The Morgan fingerprint density at radius 2 is 2.00 bits per heavy atom. The number of nitrogens with one attached hydrogen (secondary N) is 3. The lowest BCUT2D eigenvalue weighted by molar-refractivity contribution is -0.122. The van der Waals surface area contributed by atoms with Crippen LogP contribution < -0.4 is 16.0 Å². The van der Waals surface area contributed by atoms with Crippen molar-refractivity contribution in [2.24, 2.45) is 0 Å². The van der Waals surface area contributed by atoms with Crippen molar-refractivity contribution in [3.63, 3.8) is 0 Å². The number of alkyl halides is 2. The molecule has 0 radical (unpaired) electrons. The van der Waals surface area contributed by atoms with Gasteiger partial charge in [-0.2, -0.15) is 0 Å². The molecule has 0 fully saturated rings. The van der Waals surface area contributed by atoms with Crippen LogP contribution in [0.25, 0.3) is 0 Å². The highest BCUT2D eigenvalue weighted by atomic mass is 19.3. The highest BCUT2D eigenvalue weighted by Crippen LogP contribution is 2.21. The maximum absolute atomic E-state index is 12.6. The molecule has 3 amide bonds. The van der Waals surface area contributed by atoms with Gasteiger partial charge in [-0.05, 0) is 31.2 Å². The minimum atomic E-state index is -2.62. The van der Waals surface area contributed by atoms with Crippen molar-refractivity contribution in [1.29, 1.82) is 0 Å². The third-order valence-electron chi connectivity index (χ3n) is 3.15. The first-order valence-electron chi connectivity index (χ1n) is 7.21. The fourth-order valence-electron chi connectivity index (χ4n) is 1.92. The predicted molar refractivity (Wildman–Crippen MR) is 83.6 cm³/mol. The van der Waals surface area contributed by atoms with Crippen molar-refractivity contribution in [3.05, 3.63) is 54.0 Å². The number of hydrogen-bond donors (Lipinski definition) is 3. The van der Waals surface area contributed by atoms with Crippen LogP contribution in [0.4, 0.5) is 19.3 Å². The van der Waals surface area contributed by atoms with E-state index in [-0.39, 0.29) is 17.8 Å². The molecule has 3 N–H and O–H groups in total. The Bertz CT molecular complexity index is 690. The van der Waals surface area contributed by atoms with Gasteiger partial charge in [0, 0.05) is 11.3 Å². The number of carbonyl (C=O) groups excluding carboxylic acids is 2. The van der Waals surface area contributed by atoms with E-state index in [0.29, 0.717) is 5.76 Å². The van der Waals surface area contributed by atoms with Crippen LogP contribution in [0.2, 0.25) is 0 Å². The van der Waals surface area contributed by atoms with E-state index < -0.39 is 24.4 Å². The van der Waals surface area contributed by atoms with E-state index in [4.69, 9.17) is 4.42 Å². The molecule has 0 aliphatic heterocycles. The molecular weight excluding hydrogens is 320 g/mol. The number of anilines is 1. The van der Waals surface area contributed by atoms with Gasteiger partial charge in [0.15, 0.2) is 0 Å². The van der Waals surface area contributed by atoms with Gasteiger partial charge in [0.25, 0.3) is 6.43 Å². The van der Waals surface area contributed by atoms with E-state index in [0.717, 1.165) is 0 Å². The zero-order chi connectivity index (χ0) is 17.5. The first-order valence-corrected chi connectivity index (χ1v) is 7.21. The van der Waals surface area contributed by atoms with Crippen molar-refractivity contribution in [2.45, 2.75) is 25.9 Å². The molecule has 0 unspecified atom stereocenters. The van der Waals surface area contributed by atoms with Crippen molar-refractivity contribution in [3.8, 4) is 0 Å². The molecule has 1 aromatic heterocycles. The SMILES string of the molecule is C[C@H](NC(=O)Nc1cccc(C(F)F)c1)C(=O)NCc1ccco1. The van der Waals surface area contributed by atoms with Crippen molar-refractivity contribution in [2.75, 3.05) is 5.32 Å². The van der Waals surface area contributed by atoms with Gasteiger partial charge in [-0.25, -0.2) is 13.6 Å². The average Bonchev–Trinajstić information content (AvgIpc) is 3.06. The average molecular weight is 337 g/mol. The summed E-state index contributed by atoms with van der Waals surface area (Å²) in [6, 6.07) is 7.26. The summed E-state index contributed by atoms with van der Waals surface area (Å²) in [5, 5.41) is 7.44. The lowest BCUT2D eigenvalue weighted by atomic mass is 10.2. The zero-order valence-corrected chi connectivity index (χ0v) is 12.9. The first-order chi connectivity index (χ1) is 11.5. The van der Waals surface area contributed by atoms with Crippen molar-refractivity contribution >= 4 is 17.6 Å². The van der Waals surface area contributed by atoms with Crippen LogP contribution in [-0.4, -0.2) is 18.0 Å². The number of amides is 3. The van der Waals surface area contributed by atoms with Crippen LogP contribution in [0.5, 0.6) is 0 Å². The number of urea groups is 1. The molecular formula is C16H17F2N3O3. The summed E-state index contributed by atoms with van der Waals surface area (Å²) < 4.78 is 30.3. The Hall–Kier alpha value is -2.90. The summed E-state index contributed by atoms with van der Waals surface area (Å²) in [5.74, 6) is 0.187. The minimum absolute atomic E-state index is 0.197. The second-order valence-corrected chi connectivity index (χ2v) is 5.04. The topological polar surface area (TPSA) is 83.4 Å². The summed E-state index contributed by atoms with van der Waals surface area (Å²) in [7, 11) is 0. The third kappa shape index (κ3) is 5.08. The molecule has 128 valence electrons. The van der Waals surface area contributed by atoms with Gasteiger partial charge in [-0.3, -0.25) is 4.79 Å². The van der Waals surface area contributed by atoms with Crippen LogP contribution in [0.3, 0.4) is 0 Å². The molecule has 0 saturated heterocycles. The molecule has 2 rings (SSSR count). The van der Waals surface area contributed by atoms with Gasteiger partial charge in [-0.15, -0.1) is 0 Å². The predicted octanol–water partition coefficient (Wildman–Crippen LogP) is 3.04. The molecule has 1 heterocycles. The van der Waals surface area contributed by atoms with Gasteiger partial charge in [0.2, 0.25) is 5.91 Å². The summed E-state index contributed by atoms with van der Waals surface area (Å²) in [6.07, 6.45) is -1.13. The lowest BCUT2D eigenvalue weighted by Gasteiger charge is -2.14. The highest BCUT2D eigenvalue weighted by molar-refractivity contribution is 5.93. The minimum Gasteiger partial charge on any atom is -0.467 e. The smallest absolute Gasteiger partial charge is 0.319 e. The van der Waals surface area contributed by atoms with Gasteiger partial charge in [-0.1, -0.05) is 12.1 Å². The van der Waals surface area contributed by atoms with E-state index in [2.05, 4.69) is 16.0 Å². The molecule has 2 aromatic rings. The van der Waals surface area contributed by atoms with Gasteiger partial charge in [0.05, 0.1) is 12.8 Å². The van der Waals surface area contributed by atoms with Crippen molar-refractivity contribution in [1.82, 2.24) is 10.6 Å². The van der Waals surface area contributed by atoms with Crippen molar-refractivity contribution < 1.29 is 22.8 Å². The number of furan rings is 1. The van der Waals surface area contributed by atoms with Gasteiger partial charge < -0.3 is 20.4 Å². The summed E-state index contributed by atoms with van der Waals surface area (Å²) in [6.45, 7) is 1.71. The maximum atomic E-state index is 12.6. The van der Waals surface area contributed by atoms with Crippen LogP contribution in [0, 0.1) is 0 Å². The molecule has 8 heteroatoms. The number of halogens is 2. The van der Waals surface area contributed by atoms with Crippen LogP contribution >= 0.6 is 0 Å². The van der Waals surface area contributed by atoms with E-state index in [9.17, 15) is 18.4 Å². The number of rotatable bonds is 6. The zero-order valence-electron chi connectivity index (χ0n) is 12.9. The fraction of sp³-hybridized carbons (Fsp3) is 0.250. The Morgan fingerprint density at radius 1 is 1.21 bits per heavy atom. The maximum Gasteiger partial charge on any atom is 0.319 e. The first kappa shape index (κ1) is 17.5.